The van der Waals surface area contributed by atoms with Gasteiger partial charge in [0.15, 0.2) is 0 Å². The highest BCUT2D eigenvalue weighted by molar-refractivity contribution is 6.31. The molecule has 1 saturated heterocycles. The van der Waals surface area contributed by atoms with Crippen molar-refractivity contribution >= 4 is 11.6 Å². The molecule has 0 aliphatic carbocycles. The maximum absolute atomic E-state index is 14.0. The van der Waals surface area contributed by atoms with Gasteiger partial charge in [-0.1, -0.05) is 42.8 Å². The SMILES string of the molecule is CCCOc1ccc(Cc2cc([C@H]3O[C@@H](CO)C(F)(F)[C@H](O)[C@H]3O)ccc2Cl)cc1. The van der Waals surface area contributed by atoms with Gasteiger partial charge in [0, 0.05) is 5.02 Å². The van der Waals surface area contributed by atoms with Crippen LogP contribution in [0.25, 0.3) is 0 Å². The van der Waals surface area contributed by atoms with Gasteiger partial charge in [0.25, 0.3) is 0 Å². The second kappa shape index (κ2) is 9.58. The first-order valence-electron chi connectivity index (χ1n) is 9.78. The van der Waals surface area contributed by atoms with Gasteiger partial charge in [0.1, 0.15) is 30.2 Å². The molecule has 0 spiro atoms. The molecule has 0 saturated carbocycles. The molecule has 8 heteroatoms. The average molecular weight is 443 g/mol. The Bertz CT molecular complexity index is 842. The second-order valence-electron chi connectivity index (χ2n) is 7.36. The number of aliphatic hydroxyl groups excluding tert-OH is 3. The van der Waals surface area contributed by atoms with Crippen molar-refractivity contribution in [1.29, 1.82) is 0 Å². The van der Waals surface area contributed by atoms with Crippen LogP contribution in [0.5, 0.6) is 5.75 Å². The Balaban J connectivity index is 1.81. The van der Waals surface area contributed by atoms with Crippen molar-refractivity contribution in [1.82, 2.24) is 0 Å². The molecule has 3 rings (SSSR count). The summed E-state index contributed by atoms with van der Waals surface area (Å²) in [5, 5.41) is 29.8. The highest BCUT2D eigenvalue weighted by Gasteiger charge is 2.57. The molecule has 164 valence electrons. The van der Waals surface area contributed by atoms with E-state index in [9.17, 15) is 24.1 Å². The van der Waals surface area contributed by atoms with Gasteiger partial charge in [0.2, 0.25) is 0 Å². The molecule has 0 bridgehead atoms. The van der Waals surface area contributed by atoms with E-state index in [-0.39, 0.29) is 0 Å². The molecule has 1 heterocycles. The van der Waals surface area contributed by atoms with Crippen LogP contribution < -0.4 is 4.74 Å². The van der Waals surface area contributed by atoms with Crippen LogP contribution in [0.3, 0.4) is 0 Å². The van der Waals surface area contributed by atoms with Gasteiger partial charge in [-0.05, 0) is 47.7 Å². The largest absolute Gasteiger partial charge is 0.494 e. The summed E-state index contributed by atoms with van der Waals surface area (Å²) in [4.78, 5) is 0. The van der Waals surface area contributed by atoms with Gasteiger partial charge in [-0.25, -0.2) is 8.78 Å². The minimum atomic E-state index is -3.76. The van der Waals surface area contributed by atoms with Gasteiger partial charge in [-0.15, -0.1) is 0 Å². The molecule has 0 amide bonds. The molecule has 1 aliphatic rings. The molecule has 4 atom stereocenters. The molecule has 2 aromatic rings. The Morgan fingerprint density at radius 1 is 1.13 bits per heavy atom. The van der Waals surface area contributed by atoms with E-state index in [1.54, 1.807) is 18.2 Å². The summed E-state index contributed by atoms with van der Waals surface area (Å²) in [6, 6.07) is 12.3. The first-order valence-corrected chi connectivity index (χ1v) is 10.2. The number of benzene rings is 2. The average Bonchev–Trinajstić information content (AvgIpc) is 2.73. The standard InChI is InChI=1S/C22H25ClF2O5/c1-2-9-29-16-6-3-13(4-7-16)10-15-11-14(5-8-17(15)23)20-19(27)21(28)22(24,25)18(12-26)30-20/h3-8,11,18-21,26-28H,2,9-10,12H2,1H3/t18-,19-,20+,21+/m0/s1. The third-order valence-electron chi connectivity index (χ3n) is 5.12. The molecule has 0 aromatic heterocycles. The predicted octanol–water partition coefficient (Wildman–Crippen LogP) is 3.51. The summed E-state index contributed by atoms with van der Waals surface area (Å²) in [7, 11) is 0. The summed E-state index contributed by atoms with van der Waals surface area (Å²) in [5.41, 5.74) is 2.06. The molecule has 1 fully saturated rings. The van der Waals surface area contributed by atoms with Crippen LogP contribution in [-0.4, -0.2) is 52.8 Å². The highest BCUT2D eigenvalue weighted by atomic mass is 35.5. The minimum Gasteiger partial charge on any atom is -0.494 e. The fraction of sp³-hybridized carbons (Fsp3) is 0.455. The Morgan fingerprint density at radius 2 is 1.83 bits per heavy atom. The minimum absolute atomic E-state index is 0.387. The number of hydrogen-bond acceptors (Lipinski definition) is 5. The Hall–Kier alpha value is -1.77. The van der Waals surface area contributed by atoms with E-state index in [0.717, 1.165) is 17.7 Å². The lowest BCUT2D eigenvalue weighted by Gasteiger charge is -2.42. The van der Waals surface area contributed by atoms with Crippen LogP contribution in [0.2, 0.25) is 5.02 Å². The Labute approximate surface area is 178 Å². The third kappa shape index (κ3) is 4.76. The van der Waals surface area contributed by atoms with Crippen LogP contribution in [-0.2, 0) is 11.2 Å². The maximum Gasteiger partial charge on any atom is 0.303 e. The van der Waals surface area contributed by atoms with Crippen LogP contribution in [0.4, 0.5) is 8.78 Å². The normalized spacial score (nSPS) is 25.8. The summed E-state index contributed by atoms with van der Waals surface area (Å²) >= 11 is 6.31. The Morgan fingerprint density at radius 3 is 2.47 bits per heavy atom. The second-order valence-corrected chi connectivity index (χ2v) is 7.77. The maximum atomic E-state index is 14.0. The van der Waals surface area contributed by atoms with E-state index in [0.29, 0.717) is 29.2 Å². The number of halogens is 3. The van der Waals surface area contributed by atoms with Gasteiger partial charge >= 0.3 is 5.92 Å². The number of aliphatic hydroxyl groups is 3. The van der Waals surface area contributed by atoms with E-state index in [1.807, 2.05) is 31.2 Å². The number of hydrogen-bond donors (Lipinski definition) is 3. The van der Waals surface area contributed by atoms with Crippen LogP contribution in [0.15, 0.2) is 42.5 Å². The van der Waals surface area contributed by atoms with Crippen LogP contribution in [0.1, 0.15) is 36.1 Å². The van der Waals surface area contributed by atoms with Crippen LogP contribution in [0, 0.1) is 0 Å². The van der Waals surface area contributed by atoms with E-state index < -0.39 is 36.9 Å². The molecule has 1 aliphatic heterocycles. The summed E-state index contributed by atoms with van der Waals surface area (Å²) < 4.78 is 38.8. The fourth-order valence-corrected chi connectivity index (χ4v) is 3.61. The van der Waals surface area contributed by atoms with Gasteiger partial charge in [-0.2, -0.15) is 0 Å². The van der Waals surface area contributed by atoms with Crippen molar-refractivity contribution < 1.29 is 33.6 Å². The first kappa shape index (κ1) is 22.9. The number of alkyl halides is 2. The zero-order valence-corrected chi connectivity index (χ0v) is 17.2. The lowest BCUT2D eigenvalue weighted by Crippen LogP contribution is -2.59. The molecule has 0 unspecified atom stereocenters. The number of ether oxygens (including phenoxy) is 2. The number of rotatable bonds is 7. The predicted molar refractivity (Wildman–Crippen MR) is 108 cm³/mol. The smallest absolute Gasteiger partial charge is 0.303 e. The lowest BCUT2D eigenvalue weighted by atomic mass is 9.89. The summed E-state index contributed by atoms with van der Waals surface area (Å²) in [6.07, 6.45) is -5.98. The van der Waals surface area contributed by atoms with E-state index in [2.05, 4.69) is 0 Å². The quantitative estimate of drug-likeness (QED) is 0.611. The van der Waals surface area contributed by atoms with Crippen molar-refractivity contribution in [3.05, 3.63) is 64.2 Å². The third-order valence-corrected chi connectivity index (χ3v) is 5.49. The van der Waals surface area contributed by atoms with Crippen molar-refractivity contribution in [2.75, 3.05) is 13.2 Å². The van der Waals surface area contributed by atoms with Gasteiger partial charge in [-0.3, -0.25) is 0 Å². The van der Waals surface area contributed by atoms with Crippen molar-refractivity contribution in [2.45, 2.75) is 50.1 Å². The molecular weight excluding hydrogens is 418 g/mol. The molecule has 5 nitrogen and oxygen atoms in total. The van der Waals surface area contributed by atoms with Crippen molar-refractivity contribution in [3.63, 3.8) is 0 Å². The highest BCUT2D eigenvalue weighted by Crippen LogP contribution is 2.41. The molecular formula is C22H25ClF2O5. The monoisotopic (exact) mass is 442 g/mol. The zero-order chi connectivity index (χ0) is 21.9. The topological polar surface area (TPSA) is 79.2 Å². The zero-order valence-electron chi connectivity index (χ0n) is 16.5. The first-order chi connectivity index (χ1) is 14.3. The Kier molecular flexibility index (Phi) is 7.31. The van der Waals surface area contributed by atoms with E-state index >= 15 is 0 Å². The summed E-state index contributed by atoms with van der Waals surface area (Å²) in [6.45, 7) is 1.68. The molecule has 30 heavy (non-hydrogen) atoms. The van der Waals surface area contributed by atoms with Gasteiger partial charge < -0.3 is 24.8 Å². The molecule has 2 aromatic carbocycles. The van der Waals surface area contributed by atoms with Crippen molar-refractivity contribution in [2.24, 2.45) is 0 Å². The molecule has 3 N–H and O–H groups in total. The fourth-order valence-electron chi connectivity index (χ4n) is 3.42. The summed E-state index contributed by atoms with van der Waals surface area (Å²) in [5.74, 6) is -2.99. The van der Waals surface area contributed by atoms with E-state index in [1.165, 1.54) is 0 Å². The van der Waals surface area contributed by atoms with Crippen LogP contribution >= 0.6 is 11.6 Å². The van der Waals surface area contributed by atoms with Crippen molar-refractivity contribution in [3.8, 4) is 5.75 Å². The van der Waals surface area contributed by atoms with E-state index in [4.69, 9.17) is 21.1 Å². The molecule has 0 radical (unpaired) electrons. The lowest BCUT2D eigenvalue weighted by molar-refractivity contribution is -0.296. The van der Waals surface area contributed by atoms with Gasteiger partial charge in [0.05, 0.1) is 13.2 Å².